The second-order valence-corrected chi connectivity index (χ2v) is 2.44. The zero-order chi connectivity index (χ0) is 8.97. The molecule has 0 heterocycles. The molecule has 0 fully saturated rings. The van der Waals surface area contributed by atoms with E-state index in [0.717, 1.165) is 0 Å². The highest BCUT2D eigenvalue weighted by Crippen LogP contribution is 2.10. The summed E-state index contributed by atoms with van der Waals surface area (Å²) in [6, 6.07) is 4.42. The maximum Gasteiger partial charge on any atom is 0.147 e. The summed E-state index contributed by atoms with van der Waals surface area (Å²) in [5.41, 5.74) is 5.98. The van der Waals surface area contributed by atoms with Crippen LogP contribution < -0.4 is 5.73 Å². The van der Waals surface area contributed by atoms with E-state index in [1.807, 2.05) is 0 Å². The van der Waals surface area contributed by atoms with Crippen molar-refractivity contribution in [2.45, 2.75) is 0 Å². The van der Waals surface area contributed by atoms with Crippen molar-refractivity contribution in [3.63, 3.8) is 0 Å². The highest BCUT2D eigenvalue weighted by molar-refractivity contribution is 6.19. The number of nitrogen functional groups attached to an aromatic ring is 1. The standard InChI is InChI=1S/C9H7ClFN/c10-5-1-2-7-3-4-9(12)8(11)6-7/h3-4,6H,5,12H2. The third-order valence-electron chi connectivity index (χ3n) is 1.30. The molecule has 0 aliphatic carbocycles. The predicted octanol–water partition coefficient (Wildman–Crippen LogP) is 2.00. The van der Waals surface area contributed by atoms with Crippen LogP contribution in [0, 0.1) is 17.7 Å². The van der Waals surface area contributed by atoms with Gasteiger partial charge in [-0.3, -0.25) is 0 Å². The van der Waals surface area contributed by atoms with Crippen LogP contribution in [-0.2, 0) is 0 Å². The Kier molecular flexibility index (Phi) is 2.95. The van der Waals surface area contributed by atoms with Crippen LogP contribution in [0.1, 0.15) is 5.56 Å². The molecule has 1 aromatic rings. The third-order valence-corrected chi connectivity index (χ3v) is 1.43. The van der Waals surface area contributed by atoms with Gasteiger partial charge >= 0.3 is 0 Å². The molecule has 0 bridgehead atoms. The zero-order valence-corrected chi connectivity index (χ0v) is 7.03. The van der Waals surface area contributed by atoms with Gasteiger partial charge in [0.1, 0.15) is 5.82 Å². The molecule has 62 valence electrons. The van der Waals surface area contributed by atoms with Crippen molar-refractivity contribution >= 4 is 17.3 Å². The fraction of sp³-hybridized carbons (Fsp3) is 0.111. The predicted molar refractivity (Wildman–Crippen MR) is 48.4 cm³/mol. The molecule has 0 saturated heterocycles. The first kappa shape index (κ1) is 8.89. The first-order valence-corrected chi connectivity index (χ1v) is 3.87. The minimum atomic E-state index is -0.448. The van der Waals surface area contributed by atoms with Gasteiger partial charge in [0, 0.05) is 5.56 Å². The Hall–Kier alpha value is -1.20. The highest BCUT2D eigenvalue weighted by Gasteiger charge is 1.96. The van der Waals surface area contributed by atoms with E-state index in [2.05, 4.69) is 11.8 Å². The van der Waals surface area contributed by atoms with Crippen molar-refractivity contribution in [1.29, 1.82) is 0 Å². The SMILES string of the molecule is Nc1ccc(C#CCCl)cc1F. The lowest BCUT2D eigenvalue weighted by Gasteiger charge is -1.95. The summed E-state index contributed by atoms with van der Waals surface area (Å²) in [5.74, 6) is 5.10. The van der Waals surface area contributed by atoms with E-state index in [1.165, 1.54) is 12.1 Å². The molecular weight excluding hydrogens is 177 g/mol. The molecule has 2 N–H and O–H groups in total. The number of benzene rings is 1. The molecule has 12 heavy (non-hydrogen) atoms. The van der Waals surface area contributed by atoms with E-state index in [0.29, 0.717) is 5.56 Å². The van der Waals surface area contributed by atoms with E-state index in [9.17, 15) is 4.39 Å². The van der Waals surface area contributed by atoms with E-state index in [4.69, 9.17) is 17.3 Å². The van der Waals surface area contributed by atoms with Gasteiger partial charge in [0.05, 0.1) is 11.6 Å². The summed E-state index contributed by atoms with van der Waals surface area (Å²) in [6.07, 6.45) is 0. The van der Waals surface area contributed by atoms with Gasteiger partial charge in [-0.15, -0.1) is 11.6 Å². The number of hydrogen-bond acceptors (Lipinski definition) is 1. The number of rotatable bonds is 0. The maximum atomic E-state index is 12.8. The molecule has 0 radical (unpaired) electrons. The van der Waals surface area contributed by atoms with Crippen LogP contribution in [0.25, 0.3) is 0 Å². The molecule has 0 atom stereocenters. The van der Waals surface area contributed by atoms with Gasteiger partial charge in [-0.2, -0.15) is 0 Å². The molecule has 1 nitrogen and oxygen atoms in total. The molecule has 0 saturated carbocycles. The minimum absolute atomic E-state index is 0.131. The molecular formula is C9H7ClFN. The Labute approximate surface area is 75.3 Å². The molecule has 3 heteroatoms. The normalized spacial score (nSPS) is 8.83. The lowest BCUT2D eigenvalue weighted by atomic mass is 10.2. The van der Waals surface area contributed by atoms with Gasteiger partial charge in [-0.1, -0.05) is 11.8 Å². The van der Waals surface area contributed by atoms with Crippen molar-refractivity contribution < 1.29 is 4.39 Å². The van der Waals surface area contributed by atoms with Gasteiger partial charge in [-0.25, -0.2) is 4.39 Å². The van der Waals surface area contributed by atoms with Gasteiger partial charge in [0.2, 0.25) is 0 Å². The molecule has 0 aliphatic heterocycles. The number of hydrogen-bond donors (Lipinski definition) is 1. The van der Waals surface area contributed by atoms with Crippen LogP contribution in [-0.4, -0.2) is 5.88 Å². The Balaban J connectivity index is 2.97. The van der Waals surface area contributed by atoms with Crippen LogP contribution in [0.4, 0.5) is 10.1 Å². The topological polar surface area (TPSA) is 26.0 Å². The Bertz CT molecular complexity index is 338. The van der Waals surface area contributed by atoms with Crippen molar-refractivity contribution in [2.24, 2.45) is 0 Å². The van der Waals surface area contributed by atoms with Crippen LogP contribution in [0.15, 0.2) is 18.2 Å². The summed E-state index contributed by atoms with van der Waals surface area (Å²) in [6.45, 7) is 0. The summed E-state index contributed by atoms with van der Waals surface area (Å²) >= 11 is 5.33. The fourth-order valence-electron chi connectivity index (χ4n) is 0.740. The summed E-state index contributed by atoms with van der Waals surface area (Å²) in [7, 11) is 0. The van der Waals surface area contributed by atoms with Gasteiger partial charge in [0.25, 0.3) is 0 Å². The average molecular weight is 184 g/mol. The monoisotopic (exact) mass is 183 g/mol. The van der Waals surface area contributed by atoms with Crippen molar-refractivity contribution in [3.05, 3.63) is 29.6 Å². The third kappa shape index (κ3) is 2.14. The van der Waals surface area contributed by atoms with E-state index in [-0.39, 0.29) is 11.6 Å². The number of halogens is 2. The Morgan fingerprint density at radius 1 is 1.50 bits per heavy atom. The van der Waals surface area contributed by atoms with Crippen LogP contribution in [0.2, 0.25) is 0 Å². The van der Waals surface area contributed by atoms with Crippen molar-refractivity contribution in [2.75, 3.05) is 11.6 Å². The van der Waals surface area contributed by atoms with Crippen LogP contribution >= 0.6 is 11.6 Å². The van der Waals surface area contributed by atoms with Gasteiger partial charge in [0.15, 0.2) is 0 Å². The molecule has 1 aromatic carbocycles. The number of nitrogens with two attached hydrogens (primary N) is 1. The van der Waals surface area contributed by atoms with Crippen LogP contribution in [0.3, 0.4) is 0 Å². The van der Waals surface area contributed by atoms with E-state index < -0.39 is 5.82 Å². The summed E-state index contributed by atoms with van der Waals surface area (Å²) < 4.78 is 12.8. The highest BCUT2D eigenvalue weighted by atomic mass is 35.5. The Morgan fingerprint density at radius 2 is 2.25 bits per heavy atom. The van der Waals surface area contributed by atoms with E-state index in [1.54, 1.807) is 6.07 Å². The first-order valence-electron chi connectivity index (χ1n) is 3.34. The smallest absolute Gasteiger partial charge is 0.147 e. The summed E-state index contributed by atoms with van der Waals surface area (Å²) in [5, 5.41) is 0. The van der Waals surface area contributed by atoms with Crippen molar-refractivity contribution in [1.82, 2.24) is 0 Å². The second kappa shape index (κ2) is 3.99. The van der Waals surface area contributed by atoms with Crippen LogP contribution in [0.5, 0.6) is 0 Å². The fourth-order valence-corrected chi connectivity index (χ4v) is 0.807. The molecule has 0 amide bonds. The zero-order valence-electron chi connectivity index (χ0n) is 6.27. The maximum absolute atomic E-state index is 12.8. The molecule has 0 aromatic heterocycles. The molecule has 0 aliphatic rings. The summed E-state index contributed by atoms with van der Waals surface area (Å²) in [4.78, 5) is 0. The van der Waals surface area contributed by atoms with Gasteiger partial charge < -0.3 is 5.73 Å². The first-order chi connectivity index (χ1) is 5.74. The molecule has 0 spiro atoms. The average Bonchev–Trinajstić information content (AvgIpc) is 2.07. The Morgan fingerprint density at radius 3 is 2.83 bits per heavy atom. The lowest BCUT2D eigenvalue weighted by molar-refractivity contribution is 0.632. The number of alkyl halides is 1. The number of anilines is 1. The largest absolute Gasteiger partial charge is 0.396 e. The second-order valence-electron chi connectivity index (χ2n) is 2.17. The lowest BCUT2D eigenvalue weighted by Crippen LogP contribution is -1.90. The molecule has 0 unspecified atom stereocenters. The molecule has 1 rings (SSSR count). The van der Waals surface area contributed by atoms with E-state index >= 15 is 0 Å². The minimum Gasteiger partial charge on any atom is -0.396 e. The quantitative estimate of drug-likeness (QED) is 0.372. The van der Waals surface area contributed by atoms with Crippen molar-refractivity contribution in [3.8, 4) is 11.8 Å². The van der Waals surface area contributed by atoms with Gasteiger partial charge in [-0.05, 0) is 18.2 Å².